The van der Waals surface area contributed by atoms with Gasteiger partial charge < -0.3 is 5.32 Å². The molecule has 0 spiro atoms. The van der Waals surface area contributed by atoms with Crippen LogP contribution in [0.15, 0.2) is 23.1 Å². The highest BCUT2D eigenvalue weighted by Gasteiger charge is 2.26. The van der Waals surface area contributed by atoms with Crippen LogP contribution in [0.1, 0.15) is 25.3 Å². The molecule has 0 saturated carbocycles. The van der Waals surface area contributed by atoms with E-state index in [0.717, 1.165) is 25.5 Å². The van der Waals surface area contributed by atoms with Crippen molar-refractivity contribution >= 4 is 10.0 Å². The summed E-state index contributed by atoms with van der Waals surface area (Å²) in [4.78, 5) is -0.0113. The van der Waals surface area contributed by atoms with Crippen LogP contribution in [-0.4, -0.2) is 27.0 Å². The van der Waals surface area contributed by atoms with Crippen LogP contribution >= 0.6 is 0 Å². The first-order chi connectivity index (χ1) is 8.88. The normalized spacial score (nSPS) is 24.4. The lowest BCUT2D eigenvalue weighted by molar-refractivity contribution is 0.348. The van der Waals surface area contributed by atoms with Gasteiger partial charge in [-0.3, -0.25) is 0 Å². The van der Waals surface area contributed by atoms with Gasteiger partial charge in [0.15, 0.2) is 0 Å². The summed E-state index contributed by atoms with van der Waals surface area (Å²) in [6.07, 6.45) is 1.72. The van der Waals surface area contributed by atoms with Crippen LogP contribution in [0.5, 0.6) is 0 Å². The van der Waals surface area contributed by atoms with Crippen LogP contribution in [0.2, 0.25) is 0 Å². The van der Waals surface area contributed by atoms with Gasteiger partial charge in [-0.05, 0) is 57.0 Å². The zero-order chi connectivity index (χ0) is 14.0. The molecule has 1 saturated heterocycles. The van der Waals surface area contributed by atoms with Gasteiger partial charge in [-0.2, -0.15) is 0 Å². The SMILES string of the molecule is Cc1cc(F)cc(S(=O)(=O)NC2CCCNC2C)c1. The predicted octanol–water partition coefficient (Wildman–Crippen LogP) is 1.55. The largest absolute Gasteiger partial charge is 0.313 e. The second kappa shape index (κ2) is 5.56. The lowest BCUT2D eigenvalue weighted by atomic mass is 10.0. The molecule has 2 rings (SSSR count). The van der Waals surface area contributed by atoms with E-state index in [9.17, 15) is 12.8 Å². The van der Waals surface area contributed by atoms with Crippen molar-refractivity contribution in [3.05, 3.63) is 29.6 Å². The third-order valence-electron chi connectivity index (χ3n) is 3.39. The summed E-state index contributed by atoms with van der Waals surface area (Å²) < 4.78 is 40.5. The van der Waals surface area contributed by atoms with Crippen LogP contribution in [0.25, 0.3) is 0 Å². The van der Waals surface area contributed by atoms with Gasteiger partial charge in [-0.15, -0.1) is 0 Å². The van der Waals surface area contributed by atoms with E-state index in [0.29, 0.717) is 5.56 Å². The quantitative estimate of drug-likeness (QED) is 0.886. The van der Waals surface area contributed by atoms with Crippen molar-refractivity contribution in [1.82, 2.24) is 10.0 Å². The Morgan fingerprint density at radius 3 is 2.74 bits per heavy atom. The van der Waals surface area contributed by atoms with Gasteiger partial charge in [0.25, 0.3) is 0 Å². The van der Waals surface area contributed by atoms with Gasteiger partial charge in [0.1, 0.15) is 5.82 Å². The molecule has 2 N–H and O–H groups in total. The Labute approximate surface area is 113 Å². The van der Waals surface area contributed by atoms with Crippen molar-refractivity contribution in [3.8, 4) is 0 Å². The summed E-state index contributed by atoms with van der Waals surface area (Å²) in [6.45, 7) is 4.52. The molecule has 1 aromatic rings. The first-order valence-electron chi connectivity index (χ1n) is 6.41. The molecule has 1 aliphatic rings. The fourth-order valence-electron chi connectivity index (χ4n) is 2.33. The van der Waals surface area contributed by atoms with Crippen LogP contribution in [0.3, 0.4) is 0 Å². The van der Waals surface area contributed by atoms with Gasteiger partial charge >= 0.3 is 0 Å². The molecule has 1 fully saturated rings. The van der Waals surface area contributed by atoms with Crippen molar-refractivity contribution in [2.45, 2.75) is 43.7 Å². The average molecular weight is 286 g/mol. The summed E-state index contributed by atoms with van der Waals surface area (Å²) in [5, 5.41) is 3.23. The lowest BCUT2D eigenvalue weighted by Crippen LogP contribution is -2.51. The fourth-order valence-corrected chi connectivity index (χ4v) is 3.80. The summed E-state index contributed by atoms with van der Waals surface area (Å²) in [6, 6.07) is 3.77. The first-order valence-corrected chi connectivity index (χ1v) is 7.90. The van der Waals surface area contributed by atoms with Crippen LogP contribution in [0.4, 0.5) is 4.39 Å². The third-order valence-corrected chi connectivity index (χ3v) is 4.86. The Morgan fingerprint density at radius 2 is 2.11 bits per heavy atom. The topological polar surface area (TPSA) is 58.2 Å². The molecule has 0 amide bonds. The average Bonchev–Trinajstić information content (AvgIpc) is 2.31. The second-order valence-corrected chi connectivity index (χ2v) is 6.79. The summed E-state index contributed by atoms with van der Waals surface area (Å²) in [7, 11) is -3.67. The van der Waals surface area contributed by atoms with E-state index in [1.807, 2.05) is 6.92 Å². The van der Waals surface area contributed by atoms with Crippen molar-refractivity contribution in [3.63, 3.8) is 0 Å². The van der Waals surface area contributed by atoms with Crippen molar-refractivity contribution in [2.75, 3.05) is 6.54 Å². The Kier molecular flexibility index (Phi) is 4.23. The van der Waals surface area contributed by atoms with Crippen LogP contribution in [0, 0.1) is 12.7 Å². The molecule has 1 heterocycles. The summed E-state index contributed by atoms with van der Waals surface area (Å²) in [5.41, 5.74) is 0.593. The molecular formula is C13H19FN2O2S. The van der Waals surface area contributed by atoms with E-state index < -0.39 is 15.8 Å². The number of piperidine rings is 1. The van der Waals surface area contributed by atoms with Gasteiger partial charge in [0.05, 0.1) is 4.90 Å². The molecule has 1 aliphatic heterocycles. The monoisotopic (exact) mass is 286 g/mol. The molecule has 0 aliphatic carbocycles. The maximum Gasteiger partial charge on any atom is 0.240 e. The number of sulfonamides is 1. The van der Waals surface area contributed by atoms with Gasteiger partial charge in [0, 0.05) is 12.1 Å². The Hall–Kier alpha value is -0.980. The smallest absolute Gasteiger partial charge is 0.240 e. The van der Waals surface area contributed by atoms with Crippen LogP contribution in [-0.2, 0) is 10.0 Å². The standard InChI is InChI=1S/C13H19FN2O2S/c1-9-6-11(14)8-12(7-9)19(17,18)16-13-4-3-5-15-10(13)2/h6-8,10,13,15-16H,3-5H2,1-2H3. The van der Waals surface area contributed by atoms with Gasteiger partial charge in [-0.25, -0.2) is 17.5 Å². The number of rotatable bonds is 3. The minimum Gasteiger partial charge on any atom is -0.313 e. The molecular weight excluding hydrogens is 267 g/mol. The van der Waals surface area contributed by atoms with Gasteiger partial charge in [0.2, 0.25) is 10.0 Å². The molecule has 2 atom stereocenters. The maximum atomic E-state index is 13.3. The predicted molar refractivity (Wildman–Crippen MR) is 71.9 cm³/mol. The third kappa shape index (κ3) is 3.52. The number of hydrogen-bond donors (Lipinski definition) is 2. The number of halogens is 1. The van der Waals surface area contributed by atoms with E-state index >= 15 is 0 Å². The maximum absolute atomic E-state index is 13.3. The fraction of sp³-hybridized carbons (Fsp3) is 0.538. The minimum atomic E-state index is -3.67. The second-order valence-electron chi connectivity index (χ2n) is 5.08. The number of hydrogen-bond acceptors (Lipinski definition) is 3. The molecule has 4 nitrogen and oxygen atoms in total. The Morgan fingerprint density at radius 1 is 1.37 bits per heavy atom. The molecule has 106 valence electrons. The molecule has 0 radical (unpaired) electrons. The zero-order valence-corrected chi connectivity index (χ0v) is 11.9. The first kappa shape index (κ1) is 14.4. The Bertz CT molecular complexity index is 540. The number of benzene rings is 1. The van der Waals surface area contributed by atoms with Crippen LogP contribution < -0.4 is 10.0 Å². The van der Waals surface area contributed by atoms with Crippen molar-refractivity contribution in [1.29, 1.82) is 0 Å². The van der Waals surface area contributed by atoms with E-state index in [-0.39, 0.29) is 17.0 Å². The van der Waals surface area contributed by atoms with E-state index in [1.54, 1.807) is 6.92 Å². The number of nitrogens with one attached hydrogen (secondary N) is 2. The highest BCUT2D eigenvalue weighted by Crippen LogP contribution is 2.17. The molecule has 1 aromatic carbocycles. The molecule has 19 heavy (non-hydrogen) atoms. The molecule has 2 unspecified atom stereocenters. The van der Waals surface area contributed by atoms with Crippen molar-refractivity contribution in [2.24, 2.45) is 0 Å². The minimum absolute atomic E-state index is 0.0113. The van der Waals surface area contributed by atoms with Crippen molar-refractivity contribution < 1.29 is 12.8 Å². The lowest BCUT2D eigenvalue weighted by Gasteiger charge is -2.30. The van der Waals surface area contributed by atoms with E-state index in [4.69, 9.17) is 0 Å². The highest BCUT2D eigenvalue weighted by atomic mass is 32.2. The zero-order valence-electron chi connectivity index (χ0n) is 11.1. The summed E-state index contributed by atoms with van der Waals surface area (Å²) in [5.74, 6) is -0.532. The van der Waals surface area contributed by atoms with E-state index in [1.165, 1.54) is 12.1 Å². The highest BCUT2D eigenvalue weighted by molar-refractivity contribution is 7.89. The molecule has 0 bridgehead atoms. The molecule has 6 heteroatoms. The van der Waals surface area contributed by atoms with Gasteiger partial charge in [-0.1, -0.05) is 0 Å². The Balaban J connectivity index is 2.22. The summed E-state index contributed by atoms with van der Waals surface area (Å²) >= 11 is 0. The molecule has 0 aromatic heterocycles. The van der Waals surface area contributed by atoms with E-state index in [2.05, 4.69) is 10.0 Å². The number of aryl methyl sites for hydroxylation is 1.